The minimum Gasteiger partial charge on any atom is -0.324 e. The molecule has 0 heterocycles. The largest absolute Gasteiger partial charge is 0.338 e. The molecule has 1 aromatic rings. The van der Waals surface area contributed by atoms with Crippen LogP contribution >= 0.6 is 7.60 Å². The van der Waals surface area contributed by atoms with E-state index in [9.17, 15) is 9.36 Å². The van der Waals surface area contributed by atoms with Gasteiger partial charge in [0.2, 0.25) is 0 Å². The normalized spacial score (nSPS) is 12.5. The molecule has 0 bridgehead atoms. The van der Waals surface area contributed by atoms with Gasteiger partial charge in [-0.05, 0) is 19.4 Å². The molecule has 1 rings (SSSR count). The molecule has 0 fully saturated rings. The van der Waals surface area contributed by atoms with Gasteiger partial charge in [0.15, 0.2) is 5.78 Å². The summed E-state index contributed by atoms with van der Waals surface area (Å²) in [6.45, 7) is 2.55. The Morgan fingerprint density at radius 3 is 2.19 bits per heavy atom. The number of hydrogen-bond donors (Lipinski definition) is 2. The van der Waals surface area contributed by atoms with Crippen LogP contribution in [-0.4, -0.2) is 20.7 Å². The standard InChI is InChI=1S/C11H15O4P/c1-11(2,16(13,14)15)10(12)8-9-6-4-3-5-7-9/h3-7H,8H2,1-2H3,(H2,13,14,15). The molecular formula is C11H15O4P. The van der Waals surface area contributed by atoms with Crippen molar-refractivity contribution in [2.45, 2.75) is 25.4 Å². The first kappa shape index (κ1) is 13.1. The zero-order valence-electron chi connectivity index (χ0n) is 9.25. The van der Waals surface area contributed by atoms with Gasteiger partial charge in [0.25, 0.3) is 0 Å². The maximum absolute atomic E-state index is 11.8. The summed E-state index contributed by atoms with van der Waals surface area (Å²) in [5, 5.41) is -1.62. The molecular weight excluding hydrogens is 227 g/mol. The third-order valence-corrected chi connectivity index (χ3v) is 4.32. The zero-order valence-corrected chi connectivity index (χ0v) is 10.1. The molecule has 0 amide bonds. The molecule has 0 aliphatic heterocycles. The third kappa shape index (κ3) is 2.79. The summed E-state index contributed by atoms with van der Waals surface area (Å²) in [7, 11) is -4.41. The van der Waals surface area contributed by atoms with Crippen LogP contribution in [0.1, 0.15) is 19.4 Å². The highest BCUT2D eigenvalue weighted by molar-refractivity contribution is 7.54. The summed E-state index contributed by atoms with van der Waals surface area (Å²) >= 11 is 0. The van der Waals surface area contributed by atoms with Crippen LogP contribution in [0.4, 0.5) is 0 Å². The van der Waals surface area contributed by atoms with E-state index in [0.29, 0.717) is 0 Å². The maximum Gasteiger partial charge on any atom is 0.338 e. The van der Waals surface area contributed by atoms with E-state index < -0.39 is 18.5 Å². The number of carbonyl (C=O) groups is 1. The second-order valence-electron chi connectivity index (χ2n) is 4.19. The fourth-order valence-electron chi connectivity index (χ4n) is 1.16. The molecule has 0 spiro atoms. The molecule has 88 valence electrons. The van der Waals surface area contributed by atoms with Gasteiger partial charge in [0, 0.05) is 6.42 Å². The Bertz CT molecular complexity index is 419. The fraction of sp³-hybridized carbons (Fsp3) is 0.364. The third-order valence-electron chi connectivity index (χ3n) is 2.62. The highest BCUT2D eigenvalue weighted by Crippen LogP contribution is 2.50. The number of benzene rings is 1. The van der Waals surface area contributed by atoms with Crippen LogP contribution in [0.15, 0.2) is 30.3 Å². The lowest BCUT2D eigenvalue weighted by Gasteiger charge is -2.24. The van der Waals surface area contributed by atoms with Gasteiger partial charge in [0.05, 0.1) is 0 Å². The van der Waals surface area contributed by atoms with Gasteiger partial charge in [-0.15, -0.1) is 0 Å². The number of hydrogen-bond acceptors (Lipinski definition) is 2. The number of Topliss-reactive ketones (excluding diaryl/α,β-unsaturated/α-hetero) is 1. The zero-order chi connectivity index (χ0) is 12.4. The van der Waals surface area contributed by atoms with E-state index in [-0.39, 0.29) is 6.42 Å². The molecule has 0 saturated heterocycles. The Morgan fingerprint density at radius 2 is 1.75 bits per heavy atom. The first-order valence-electron chi connectivity index (χ1n) is 4.88. The molecule has 0 saturated carbocycles. The molecule has 2 N–H and O–H groups in total. The molecule has 0 aromatic heterocycles. The smallest absolute Gasteiger partial charge is 0.324 e. The first-order chi connectivity index (χ1) is 7.25. The highest BCUT2D eigenvalue weighted by atomic mass is 31.2. The first-order valence-corrected chi connectivity index (χ1v) is 6.49. The van der Waals surface area contributed by atoms with Crippen molar-refractivity contribution in [2.75, 3.05) is 0 Å². The van der Waals surface area contributed by atoms with Crippen molar-refractivity contribution in [1.29, 1.82) is 0 Å². The van der Waals surface area contributed by atoms with Crippen LogP contribution in [0.3, 0.4) is 0 Å². The highest BCUT2D eigenvalue weighted by Gasteiger charge is 2.43. The van der Waals surface area contributed by atoms with E-state index in [1.165, 1.54) is 13.8 Å². The Balaban J connectivity index is 2.85. The number of carbonyl (C=O) groups excluding carboxylic acids is 1. The van der Waals surface area contributed by atoms with E-state index in [2.05, 4.69) is 0 Å². The van der Waals surface area contributed by atoms with Gasteiger partial charge < -0.3 is 9.79 Å². The maximum atomic E-state index is 11.8. The second-order valence-corrected chi connectivity index (χ2v) is 6.39. The minimum atomic E-state index is -4.41. The van der Waals surface area contributed by atoms with Gasteiger partial charge in [-0.2, -0.15) is 0 Å². The molecule has 0 aliphatic carbocycles. The van der Waals surface area contributed by atoms with Crippen LogP contribution in [0.5, 0.6) is 0 Å². The summed E-state index contributed by atoms with van der Waals surface area (Å²) in [6, 6.07) is 8.91. The fourth-order valence-corrected chi connectivity index (χ4v) is 1.56. The molecule has 16 heavy (non-hydrogen) atoms. The summed E-state index contributed by atoms with van der Waals surface area (Å²) in [5.74, 6) is -0.452. The minimum absolute atomic E-state index is 0.0406. The van der Waals surface area contributed by atoms with Gasteiger partial charge in [-0.3, -0.25) is 9.36 Å². The second kappa shape index (κ2) is 4.50. The van der Waals surface area contributed by atoms with Crippen molar-refractivity contribution < 1.29 is 19.1 Å². The van der Waals surface area contributed by atoms with Crippen molar-refractivity contribution in [2.24, 2.45) is 0 Å². The predicted molar refractivity (Wildman–Crippen MR) is 61.3 cm³/mol. The lowest BCUT2D eigenvalue weighted by atomic mass is 10.0. The Labute approximate surface area is 94.5 Å². The van der Waals surface area contributed by atoms with Crippen molar-refractivity contribution in [3.05, 3.63) is 35.9 Å². The van der Waals surface area contributed by atoms with Gasteiger partial charge in [0.1, 0.15) is 5.16 Å². The molecule has 4 nitrogen and oxygen atoms in total. The van der Waals surface area contributed by atoms with Gasteiger partial charge >= 0.3 is 7.60 Å². The van der Waals surface area contributed by atoms with Crippen molar-refractivity contribution in [3.63, 3.8) is 0 Å². The van der Waals surface area contributed by atoms with Crippen LogP contribution in [0, 0.1) is 0 Å². The van der Waals surface area contributed by atoms with Crippen molar-refractivity contribution in [1.82, 2.24) is 0 Å². The Hall–Kier alpha value is -0.960. The molecule has 5 heteroatoms. The number of ketones is 1. The molecule has 0 radical (unpaired) electrons. The Kier molecular flexibility index (Phi) is 3.68. The molecule has 0 atom stereocenters. The average Bonchev–Trinajstić information content (AvgIpc) is 2.17. The molecule has 0 unspecified atom stereocenters. The monoisotopic (exact) mass is 242 g/mol. The van der Waals surface area contributed by atoms with Crippen LogP contribution in [0.25, 0.3) is 0 Å². The van der Waals surface area contributed by atoms with E-state index in [1.807, 2.05) is 6.07 Å². The summed E-state index contributed by atoms with van der Waals surface area (Å²) in [6.07, 6.45) is 0.0406. The summed E-state index contributed by atoms with van der Waals surface area (Å²) < 4.78 is 11.2. The van der Waals surface area contributed by atoms with E-state index in [1.54, 1.807) is 24.3 Å². The lowest BCUT2D eigenvalue weighted by Crippen LogP contribution is -2.32. The lowest BCUT2D eigenvalue weighted by molar-refractivity contribution is -0.120. The number of rotatable bonds is 4. The van der Waals surface area contributed by atoms with Crippen molar-refractivity contribution >= 4 is 13.4 Å². The van der Waals surface area contributed by atoms with E-state index in [4.69, 9.17) is 9.79 Å². The quantitative estimate of drug-likeness (QED) is 0.789. The van der Waals surface area contributed by atoms with Crippen LogP contribution in [0.2, 0.25) is 0 Å². The van der Waals surface area contributed by atoms with E-state index >= 15 is 0 Å². The summed E-state index contributed by atoms with van der Waals surface area (Å²) in [5.41, 5.74) is 0.758. The topological polar surface area (TPSA) is 74.6 Å². The Morgan fingerprint density at radius 1 is 1.25 bits per heavy atom. The average molecular weight is 242 g/mol. The predicted octanol–water partition coefficient (Wildman–Crippen LogP) is 1.75. The van der Waals surface area contributed by atoms with Gasteiger partial charge in [-0.1, -0.05) is 30.3 Å². The van der Waals surface area contributed by atoms with Gasteiger partial charge in [-0.25, -0.2) is 0 Å². The van der Waals surface area contributed by atoms with Crippen LogP contribution < -0.4 is 0 Å². The van der Waals surface area contributed by atoms with E-state index in [0.717, 1.165) is 5.56 Å². The van der Waals surface area contributed by atoms with Crippen molar-refractivity contribution in [3.8, 4) is 0 Å². The SMILES string of the molecule is CC(C)(C(=O)Cc1ccccc1)P(=O)(O)O. The molecule has 1 aromatic carbocycles. The van der Waals surface area contributed by atoms with Crippen LogP contribution in [-0.2, 0) is 15.8 Å². The molecule has 0 aliphatic rings. The summed E-state index contributed by atoms with van der Waals surface area (Å²) in [4.78, 5) is 30.0.